The van der Waals surface area contributed by atoms with Crippen molar-refractivity contribution in [1.82, 2.24) is 30.0 Å². The molecule has 0 aliphatic heterocycles. The normalized spacial score (nSPS) is 12.1. The summed E-state index contributed by atoms with van der Waals surface area (Å²) in [6.07, 6.45) is 4.80. The quantitative estimate of drug-likeness (QED) is 0.711. The number of benzene rings is 1. The minimum Gasteiger partial charge on any atom is -0.321 e. The number of carbonyl (C=O) groups is 1. The number of hydrogen-bond acceptors (Lipinski definition) is 5. The summed E-state index contributed by atoms with van der Waals surface area (Å²) in [6.45, 7) is 4.78. The third-order valence-electron chi connectivity index (χ3n) is 3.92. The van der Waals surface area contributed by atoms with Crippen LogP contribution >= 0.6 is 0 Å². The zero-order valence-corrected chi connectivity index (χ0v) is 14.3. The van der Waals surface area contributed by atoms with Gasteiger partial charge in [0.15, 0.2) is 0 Å². The molecule has 2 heterocycles. The molecule has 1 N–H and O–H groups in total. The maximum absolute atomic E-state index is 12.9. The van der Waals surface area contributed by atoms with Crippen molar-refractivity contribution in [3.05, 3.63) is 54.1 Å². The Morgan fingerprint density at radius 1 is 1.28 bits per heavy atom. The summed E-state index contributed by atoms with van der Waals surface area (Å²) in [7, 11) is 0. The highest BCUT2D eigenvalue weighted by molar-refractivity contribution is 5.94. The first-order valence-corrected chi connectivity index (χ1v) is 8.28. The number of aromatic nitrogens is 6. The fourth-order valence-corrected chi connectivity index (χ4v) is 2.66. The molecule has 0 saturated heterocycles. The van der Waals surface area contributed by atoms with Crippen LogP contribution < -0.4 is 5.32 Å². The van der Waals surface area contributed by atoms with Crippen LogP contribution in [-0.2, 0) is 17.8 Å². The summed E-state index contributed by atoms with van der Waals surface area (Å²) in [5, 5.41) is 18.6. The number of hydrogen-bond donors (Lipinski definition) is 1. The minimum absolute atomic E-state index is 0.171. The van der Waals surface area contributed by atoms with Crippen molar-refractivity contribution in [3.8, 4) is 0 Å². The lowest BCUT2D eigenvalue weighted by Crippen LogP contribution is -2.28. The first kappa shape index (κ1) is 16.8. The van der Waals surface area contributed by atoms with Crippen LogP contribution in [0.4, 0.5) is 5.69 Å². The molecule has 0 bridgehead atoms. The lowest BCUT2D eigenvalue weighted by atomic mass is 10.1. The first-order chi connectivity index (χ1) is 12.2. The second-order valence-corrected chi connectivity index (χ2v) is 5.88. The minimum atomic E-state index is -0.536. The highest BCUT2D eigenvalue weighted by atomic mass is 16.2. The molecule has 0 radical (unpaired) electrons. The van der Waals surface area contributed by atoms with Crippen molar-refractivity contribution in [2.24, 2.45) is 0 Å². The molecule has 0 aliphatic carbocycles. The molecule has 1 unspecified atom stereocenters. The van der Waals surface area contributed by atoms with Gasteiger partial charge in [-0.2, -0.15) is 5.10 Å². The van der Waals surface area contributed by atoms with Crippen molar-refractivity contribution < 1.29 is 4.79 Å². The lowest BCUT2D eigenvalue weighted by molar-refractivity contribution is -0.119. The van der Waals surface area contributed by atoms with E-state index in [1.165, 1.54) is 11.0 Å². The van der Waals surface area contributed by atoms with Gasteiger partial charge in [-0.3, -0.25) is 9.48 Å². The Labute approximate surface area is 145 Å². The van der Waals surface area contributed by atoms with Crippen LogP contribution in [0.2, 0.25) is 0 Å². The largest absolute Gasteiger partial charge is 0.321 e. The summed E-state index contributed by atoms with van der Waals surface area (Å²) in [6, 6.07) is 9.27. The first-order valence-electron chi connectivity index (χ1n) is 8.28. The van der Waals surface area contributed by atoms with E-state index in [1.54, 1.807) is 0 Å². The van der Waals surface area contributed by atoms with Gasteiger partial charge in [0.1, 0.15) is 12.4 Å². The number of nitrogens with zero attached hydrogens (tertiary/aromatic N) is 6. The molecule has 0 saturated carbocycles. The van der Waals surface area contributed by atoms with Crippen molar-refractivity contribution in [1.29, 1.82) is 0 Å². The molecule has 1 amide bonds. The van der Waals surface area contributed by atoms with E-state index < -0.39 is 6.04 Å². The Bertz CT molecular complexity index is 811. The van der Waals surface area contributed by atoms with Crippen molar-refractivity contribution in [2.45, 2.75) is 39.3 Å². The molecule has 3 rings (SSSR count). The second-order valence-electron chi connectivity index (χ2n) is 5.88. The van der Waals surface area contributed by atoms with E-state index in [0.29, 0.717) is 12.1 Å². The molecular weight excluding hydrogens is 318 g/mol. The fraction of sp³-hybridized carbons (Fsp3) is 0.353. The van der Waals surface area contributed by atoms with Crippen molar-refractivity contribution in [3.63, 3.8) is 0 Å². The second kappa shape index (κ2) is 7.69. The predicted octanol–water partition coefficient (Wildman–Crippen LogP) is 2.01. The van der Waals surface area contributed by atoms with Crippen LogP contribution in [0, 0.1) is 6.92 Å². The van der Waals surface area contributed by atoms with Crippen LogP contribution in [0.25, 0.3) is 0 Å². The molecule has 3 aromatic rings. The number of nitrogens with one attached hydrogen (secondary N) is 1. The number of aryl methyl sites for hydroxylation is 2. The van der Waals surface area contributed by atoms with Gasteiger partial charge in [0.25, 0.3) is 0 Å². The highest BCUT2D eigenvalue weighted by Crippen LogP contribution is 2.18. The molecule has 0 fully saturated rings. The molecule has 1 aromatic carbocycles. The summed E-state index contributed by atoms with van der Waals surface area (Å²) in [4.78, 5) is 12.9. The number of tetrazole rings is 1. The molecule has 0 spiro atoms. The molecule has 130 valence electrons. The lowest BCUT2D eigenvalue weighted by Gasteiger charge is -2.16. The Hall–Kier alpha value is -3.03. The molecule has 25 heavy (non-hydrogen) atoms. The van der Waals surface area contributed by atoms with Crippen LogP contribution in [0.15, 0.2) is 42.9 Å². The smallest absolute Gasteiger partial charge is 0.249 e. The summed E-state index contributed by atoms with van der Waals surface area (Å²) >= 11 is 0. The van der Waals surface area contributed by atoms with E-state index in [9.17, 15) is 4.79 Å². The average Bonchev–Trinajstić information content (AvgIpc) is 3.24. The van der Waals surface area contributed by atoms with E-state index in [0.717, 1.165) is 24.2 Å². The standard InChI is InChI=1S/C17H21N7O/c1-3-9-23-11-15(13(2)20-23)19-17(25)16(24-12-18-21-22-24)10-14-7-5-4-6-8-14/h4-8,11-12,16H,3,9-10H2,1-2H3,(H,19,25). The molecule has 2 aromatic heterocycles. The summed E-state index contributed by atoms with van der Waals surface area (Å²) in [5.74, 6) is -0.171. The van der Waals surface area contributed by atoms with Crippen LogP contribution in [0.3, 0.4) is 0 Å². The molecule has 0 aliphatic rings. The monoisotopic (exact) mass is 339 g/mol. The van der Waals surface area contributed by atoms with E-state index in [2.05, 4.69) is 32.9 Å². The number of anilines is 1. The number of carbonyl (C=O) groups excluding carboxylic acids is 1. The van der Waals surface area contributed by atoms with E-state index >= 15 is 0 Å². The maximum atomic E-state index is 12.9. The van der Waals surface area contributed by atoms with E-state index in [4.69, 9.17) is 0 Å². The number of rotatable bonds is 7. The third-order valence-corrected chi connectivity index (χ3v) is 3.92. The molecule has 8 heteroatoms. The SMILES string of the molecule is CCCn1cc(NC(=O)C(Cc2ccccc2)n2cnnn2)c(C)n1. The van der Waals surface area contributed by atoms with Gasteiger partial charge in [0.05, 0.1) is 11.4 Å². The van der Waals surface area contributed by atoms with Gasteiger partial charge in [-0.1, -0.05) is 37.3 Å². The Morgan fingerprint density at radius 3 is 2.76 bits per heavy atom. The van der Waals surface area contributed by atoms with Crippen LogP contribution in [0.5, 0.6) is 0 Å². The van der Waals surface area contributed by atoms with E-state index in [1.807, 2.05) is 48.1 Å². The molecular formula is C17H21N7O. The van der Waals surface area contributed by atoms with Gasteiger partial charge < -0.3 is 5.32 Å². The van der Waals surface area contributed by atoms with Gasteiger partial charge in [-0.25, -0.2) is 4.68 Å². The predicted molar refractivity (Wildman–Crippen MR) is 92.9 cm³/mol. The topological polar surface area (TPSA) is 90.5 Å². The van der Waals surface area contributed by atoms with Gasteiger partial charge in [-0.15, -0.1) is 5.10 Å². The van der Waals surface area contributed by atoms with Gasteiger partial charge in [0, 0.05) is 19.2 Å². The van der Waals surface area contributed by atoms with Crippen molar-refractivity contribution in [2.75, 3.05) is 5.32 Å². The summed E-state index contributed by atoms with van der Waals surface area (Å²) in [5.41, 5.74) is 2.54. The number of amides is 1. The zero-order chi connectivity index (χ0) is 17.6. The Balaban J connectivity index is 1.80. The van der Waals surface area contributed by atoms with Gasteiger partial charge >= 0.3 is 0 Å². The van der Waals surface area contributed by atoms with Gasteiger partial charge in [0.2, 0.25) is 5.91 Å². The zero-order valence-electron chi connectivity index (χ0n) is 14.3. The average molecular weight is 339 g/mol. The molecule has 8 nitrogen and oxygen atoms in total. The van der Waals surface area contributed by atoms with E-state index in [-0.39, 0.29) is 5.91 Å². The fourth-order valence-electron chi connectivity index (χ4n) is 2.66. The maximum Gasteiger partial charge on any atom is 0.249 e. The summed E-state index contributed by atoms with van der Waals surface area (Å²) < 4.78 is 3.32. The Kier molecular flexibility index (Phi) is 5.17. The van der Waals surface area contributed by atoms with Gasteiger partial charge in [-0.05, 0) is 29.3 Å². The molecule has 1 atom stereocenters. The van der Waals surface area contributed by atoms with Crippen molar-refractivity contribution >= 4 is 11.6 Å². The van der Waals surface area contributed by atoms with Crippen LogP contribution in [-0.4, -0.2) is 35.9 Å². The van der Waals surface area contributed by atoms with Crippen LogP contribution in [0.1, 0.15) is 30.6 Å². The Morgan fingerprint density at radius 2 is 2.08 bits per heavy atom. The third kappa shape index (κ3) is 4.09. The highest BCUT2D eigenvalue weighted by Gasteiger charge is 2.23.